The quantitative estimate of drug-likeness (QED) is 0.208. The maximum atomic E-state index is 11.2. The van der Waals surface area contributed by atoms with Gasteiger partial charge in [-0.05, 0) is 59.9 Å². The van der Waals surface area contributed by atoms with Crippen molar-refractivity contribution in [2.24, 2.45) is 0 Å². The van der Waals surface area contributed by atoms with Crippen LogP contribution in [-0.4, -0.2) is 66.4 Å². The zero-order valence-corrected chi connectivity index (χ0v) is 19.3. The van der Waals surface area contributed by atoms with Gasteiger partial charge in [-0.1, -0.05) is 12.1 Å². The van der Waals surface area contributed by atoms with E-state index in [1.807, 2.05) is 13.0 Å². The van der Waals surface area contributed by atoms with Crippen LogP contribution in [0.25, 0.3) is 11.1 Å². The lowest BCUT2D eigenvalue weighted by atomic mass is 9.90. The van der Waals surface area contributed by atoms with Crippen molar-refractivity contribution in [2.75, 3.05) is 29.1 Å². The molecule has 2 aromatic carbocycles. The Morgan fingerprint density at radius 3 is 2.09 bits per heavy atom. The molecule has 0 fully saturated rings. The number of aliphatic hydroxyl groups is 2. The second-order valence-corrected chi connectivity index (χ2v) is 10.7. The second-order valence-electron chi connectivity index (χ2n) is 7.73. The van der Waals surface area contributed by atoms with Gasteiger partial charge in [0.25, 0.3) is 20.2 Å². The number of nitrogens with two attached hydrogens (primary N) is 1. The zero-order chi connectivity index (χ0) is 24.3. The molecule has 2 unspecified atom stereocenters. The van der Waals surface area contributed by atoms with Crippen LogP contribution in [0.15, 0.2) is 30.3 Å². The van der Waals surface area contributed by atoms with E-state index in [4.69, 9.17) is 14.8 Å². The molecule has 0 bridgehead atoms. The monoisotopic (exact) mass is 488 g/mol. The SMILES string of the molecule is Cc1cc(-c2ccc(NCC(O)CS(=O)(=O)O)c(C)c2CC(O)CS(=O)(=O)O)ccc1N. The fourth-order valence-corrected chi connectivity index (χ4v) is 4.60. The van der Waals surface area contributed by atoms with Gasteiger partial charge in [-0.3, -0.25) is 9.11 Å². The van der Waals surface area contributed by atoms with Gasteiger partial charge in [-0.25, -0.2) is 0 Å². The Kier molecular flexibility index (Phi) is 8.26. The van der Waals surface area contributed by atoms with E-state index in [-0.39, 0.29) is 13.0 Å². The number of nitrogens with one attached hydrogen (secondary N) is 1. The molecular weight excluding hydrogens is 460 g/mol. The molecule has 0 radical (unpaired) electrons. The average molecular weight is 489 g/mol. The Labute approximate surface area is 187 Å². The Hall–Kier alpha value is -2.22. The fraction of sp³-hybridized carbons (Fsp3) is 0.400. The number of hydrogen-bond acceptors (Lipinski definition) is 8. The maximum Gasteiger partial charge on any atom is 0.267 e. The largest absolute Gasteiger partial charge is 0.399 e. The van der Waals surface area contributed by atoms with Crippen molar-refractivity contribution in [1.29, 1.82) is 0 Å². The standard InChI is InChI=1S/C20H28N2O8S2/c1-12-7-14(3-5-19(12)21)17-4-6-20(22-9-16(24)11-32(28,29)30)13(2)18(17)8-15(23)10-31(25,26)27/h3-7,15-16,22-24H,8-11,21H2,1-2H3,(H,25,26,27)(H,28,29,30). The Morgan fingerprint density at radius 1 is 0.938 bits per heavy atom. The molecule has 10 nitrogen and oxygen atoms in total. The van der Waals surface area contributed by atoms with E-state index in [1.165, 1.54) is 0 Å². The number of rotatable bonds is 10. The maximum absolute atomic E-state index is 11.2. The van der Waals surface area contributed by atoms with Crippen molar-refractivity contribution in [2.45, 2.75) is 32.5 Å². The van der Waals surface area contributed by atoms with E-state index in [9.17, 15) is 27.0 Å². The van der Waals surface area contributed by atoms with Gasteiger partial charge < -0.3 is 21.3 Å². The van der Waals surface area contributed by atoms with Gasteiger partial charge in [0.15, 0.2) is 0 Å². The molecule has 0 aliphatic heterocycles. The molecule has 0 spiro atoms. The highest BCUT2D eigenvalue weighted by molar-refractivity contribution is 7.86. The first-order chi connectivity index (χ1) is 14.7. The summed E-state index contributed by atoms with van der Waals surface area (Å²) < 4.78 is 62.1. The van der Waals surface area contributed by atoms with E-state index in [2.05, 4.69) is 5.32 Å². The summed E-state index contributed by atoms with van der Waals surface area (Å²) in [6, 6.07) is 8.82. The predicted molar refractivity (Wildman–Crippen MR) is 123 cm³/mol. The molecular formula is C20H28N2O8S2. The van der Waals surface area contributed by atoms with Gasteiger partial charge in [-0.2, -0.15) is 16.8 Å². The Morgan fingerprint density at radius 2 is 1.53 bits per heavy atom. The van der Waals surface area contributed by atoms with Crippen LogP contribution in [-0.2, 0) is 26.7 Å². The number of aryl methyl sites for hydroxylation is 1. The lowest BCUT2D eigenvalue weighted by Crippen LogP contribution is -2.28. The topological polar surface area (TPSA) is 187 Å². The van der Waals surface area contributed by atoms with E-state index in [1.54, 1.807) is 31.2 Å². The number of anilines is 2. The van der Waals surface area contributed by atoms with Gasteiger partial charge in [0, 0.05) is 24.3 Å². The minimum Gasteiger partial charge on any atom is -0.399 e. The van der Waals surface area contributed by atoms with Gasteiger partial charge >= 0.3 is 0 Å². The van der Waals surface area contributed by atoms with Crippen molar-refractivity contribution >= 4 is 31.6 Å². The van der Waals surface area contributed by atoms with Gasteiger partial charge in [-0.15, -0.1) is 0 Å². The first-order valence-electron chi connectivity index (χ1n) is 9.65. The molecule has 2 aromatic rings. The molecule has 0 saturated heterocycles. The number of hydrogen-bond donors (Lipinski definition) is 6. The van der Waals surface area contributed by atoms with Crippen molar-refractivity contribution in [3.05, 3.63) is 47.0 Å². The van der Waals surface area contributed by atoms with Gasteiger partial charge in [0.05, 0.1) is 12.2 Å². The lowest BCUT2D eigenvalue weighted by molar-refractivity contribution is 0.195. The molecule has 0 aromatic heterocycles. The molecule has 0 amide bonds. The molecule has 2 rings (SSSR count). The minimum atomic E-state index is -4.39. The number of aliphatic hydroxyl groups excluding tert-OH is 2. The van der Waals surface area contributed by atoms with E-state index in [0.717, 1.165) is 11.1 Å². The van der Waals surface area contributed by atoms with Crippen LogP contribution in [0.1, 0.15) is 16.7 Å². The lowest BCUT2D eigenvalue weighted by Gasteiger charge is -2.21. The van der Waals surface area contributed by atoms with Crippen LogP contribution >= 0.6 is 0 Å². The summed E-state index contributed by atoms with van der Waals surface area (Å²) in [7, 11) is -8.73. The fourth-order valence-electron chi connectivity index (χ4n) is 3.39. The summed E-state index contributed by atoms with van der Waals surface area (Å²) in [5, 5.41) is 23.0. The minimum absolute atomic E-state index is 0.0898. The van der Waals surface area contributed by atoms with Crippen molar-refractivity contribution in [3.63, 3.8) is 0 Å². The molecule has 0 aliphatic carbocycles. The number of benzene rings is 2. The van der Waals surface area contributed by atoms with Crippen LogP contribution in [0, 0.1) is 13.8 Å². The molecule has 12 heteroatoms. The first kappa shape index (κ1) is 26.0. The summed E-state index contributed by atoms with van der Waals surface area (Å²) in [5.41, 5.74) is 10.6. The highest BCUT2D eigenvalue weighted by Crippen LogP contribution is 2.33. The normalized spacial score (nSPS) is 14.2. The summed E-state index contributed by atoms with van der Waals surface area (Å²) in [6.45, 7) is 3.39. The Balaban J connectivity index is 2.43. The molecule has 0 saturated carbocycles. The van der Waals surface area contributed by atoms with Crippen LogP contribution in [0.2, 0.25) is 0 Å². The van der Waals surface area contributed by atoms with Crippen LogP contribution in [0.5, 0.6) is 0 Å². The van der Waals surface area contributed by atoms with Gasteiger partial charge in [0.1, 0.15) is 11.5 Å². The van der Waals surface area contributed by atoms with Crippen molar-refractivity contribution in [1.82, 2.24) is 0 Å². The third kappa shape index (κ3) is 7.73. The van der Waals surface area contributed by atoms with Crippen LogP contribution in [0.4, 0.5) is 11.4 Å². The van der Waals surface area contributed by atoms with Crippen molar-refractivity contribution in [3.8, 4) is 11.1 Å². The molecule has 178 valence electrons. The highest BCUT2D eigenvalue weighted by atomic mass is 32.2. The third-order valence-electron chi connectivity index (χ3n) is 4.95. The summed E-state index contributed by atoms with van der Waals surface area (Å²) in [6.07, 6.45) is -2.83. The van der Waals surface area contributed by atoms with Crippen molar-refractivity contribution < 1.29 is 36.2 Å². The third-order valence-corrected chi connectivity index (χ3v) is 6.57. The highest BCUT2D eigenvalue weighted by Gasteiger charge is 2.20. The Bertz CT molecular complexity index is 1180. The number of nitrogen functional groups attached to an aromatic ring is 1. The predicted octanol–water partition coefficient (Wildman–Crippen LogP) is 1.00. The average Bonchev–Trinajstić information content (AvgIpc) is 2.62. The van der Waals surface area contributed by atoms with E-state index in [0.29, 0.717) is 28.1 Å². The molecule has 2 atom stereocenters. The smallest absolute Gasteiger partial charge is 0.267 e. The first-order valence-corrected chi connectivity index (χ1v) is 12.9. The van der Waals surface area contributed by atoms with Crippen LogP contribution in [0.3, 0.4) is 0 Å². The van der Waals surface area contributed by atoms with Gasteiger partial charge in [0.2, 0.25) is 0 Å². The summed E-state index contributed by atoms with van der Waals surface area (Å²) >= 11 is 0. The molecule has 7 N–H and O–H groups in total. The second kappa shape index (κ2) is 10.1. The molecule has 0 aliphatic rings. The van der Waals surface area contributed by atoms with Crippen LogP contribution < -0.4 is 11.1 Å². The molecule has 0 heterocycles. The van der Waals surface area contributed by atoms with E-state index < -0.39 is 43.9 Å². The van der Waals surface area contributed by atoms with E-state index >= 15 is 0 Å². The summed E-state index contributed by atoms with van der Waals surface area (Å²) in [5.74, 6) is -1.67. The summed E-state index contributed by atoms with van der Waals surface area (Å²) in [4.78, 5) is 0. The zero-order valence-electron chi connectivity index (χ0n) is 17.7. The molecule has 32 heavy (non-hydrogen) atoms.